The van der Waals surface area contributed by atoms with Crippen molar-refractivity contribution < 1.29 is 5.11 Å². The van der Waals surface area contributed by atoms with Crippen LogP contribution in [0.5, 0.6) is 0 Å². The fourth-order valence-electron chi connectivity index (χ4n) is 1.54. The van der Waals surface area contributed by atoms with Crippen LogP contribution < -0.4 is 0 Å². The average Bonchev–Trinajstić information content (AvgIpc) is 2.51. The molecule has 0 aromatic rings. The van der Waals surface area contributed by atoms with Crippen LogP contribution in [0.4, 0.5) is 0 Å². The molecule has 1 unspecified atom stereocenters. The van der Waals surface area contributed by atoms with Gasteiger partial charge in [0.25, 0.3) is 0 Å². The fourth-order valence-corrected chi connectivity index (χ4v) is 32.4. The predicted octanol–water partition coefficient (Wildman–Crippen LogP) is 16.4. The standard InChI is InChI=1S/C10I21O/c11-1(12,3(15,16)5(19,20)7(23,24)9(26,27)28)2(13,14)4(17,18)6(21,22)8(25,32)10(29,30)31. The summed E-state index contributed by atoms with van der Waals surface area (Å²) in [6, 6.07) is 0. The highest BCUT2D eigenvalue weighted by Crippen LogP contribution is 2.80. The second-order valence-corrected chi connectivity index (χ2v) is 66.3. The van der Waals surface area contributed by atoms with E-state index in [4.69, 9.17) is 0 Å². The number of hydrogen-bond acceptors (Lipinski definition) is 0. The van der Waals surface area contributed by atoms with Gasteiger partial charge >= 0.3 is 0 Å². The van der Waals surface area contributed by atoms with Crippen molar-refractivity contribution in [3.63, 3.8) is 0 Å². The van der Waals surface area contributed by atoms with Crippen LogP contribution in [0.25, 0.3) is 0 Å². The molecule has 0 aromatic carbocycles. The van der Waals surface area contributed by atoms with Gasteiger partial charge in [0.15, 0.2) is -0.565 Å². The van der Waals surface area contributed by atoms with Crippen LogP contribution in [0.15, 0.2) is 0 Å². The van der Waals surface area contributed by atoms with Gasteiger partial charge in [-0.2, -0.15) is 0 Å². The highest BCUT2D eigenvalue weighted by Gasteiger charge is 2.79. The van der Waals surface area contributed by atoms with E-state index in [2.05, 4.69) is 474 Å². The normalized spacial score (nSPS) is 18.6. The maximum absolute atomic E-state index is 14.2. The molecule has 0 aromatic heterocycles. The molecule has 32 heavy (non-hydrogen) atoms. The zero-order valence-electron chi connectivity index (χ0n) is 13.3. The molecule has 0 saturated heterocycles. The molecule has 0 aliphatic heterocycles. The Bertz CT molecular complexity index is 632. The lowest BCUT2D eigenvalue weighted by molar-refractivity contribution is 0.0860. The molecule has 0 saturated carbocycles. The number of rotatable bonds is 9. The van der Waals surface area contributed by atoms with Gasteiger partial charge in [0.2, 0.25) is 3.61 Å². The maximum Gasteiger partial charge on any atom is 0.212 e. The largest absolute Gasteiger partial charge is 0.212 e. The van der Waals surface area contributed by atoms with Gasteiger partial charge in [0, 0.05) is 0 Å². The summed E-state index contributed by atoms with van der Waals surface area (Å²) >= 11 is 53.4. The molecule has 0 fully saturated rings. The Morgan fingerprint density at radius 1 is 0.250 bits per heavy atom. The SMILES string of the molecule is [O]C(I)(C(I)(I)I)C(I)(I)C(I)(I)C(I)(I)C(I)(I)C(I)(I)C(I)(I)C(I)(I)C(I)(I)I. The zero-order valence-corrected chi connectivity index (χ0v) is 58.7. The van der Waals surface area contributed by atoms with E-state index < -0.39 is 5.90 Å². The van der Waals surface area contributed by atoms with Crippen LogP contribution in [0, 0.1) is 0 Å². The van der Waals surface area contributed by atoms with Crippen molar-refractivity contribution in [2.45, 2.75) is 12.5 Å². The number of halogens is 21. The summed E-state index contributed by atoms with van der Waals surface area (Å²) in [5.74, 6) is 0. The average molecular weight is 2800 g/mol. The highest BCUT2D eigenvalue weighted by molar-refractivity contribution is 14.3. The van der Waals surface area contributed by atoms with Crippen molar-refractivity contribution in [2.24, 2.45) is 0 Å². The smallest absolute Gasteiger partial charge is 0.212 e. The minimum atomic E-state index is -1.23. The van der Waals surface area contributed by atoms with E-state index in [-0.39, 0.29) is 6.58 Å². The third-order valence-electron chi connectivity index (χ3n) is 3.49. The molecule has 22 heteroatoms. The van der Waals surface area contributed by atoms with E-state index in [1.54, 1.807) is 0 Å². The molecule has 0 bridgehead atoms. The molecule has 0 amide bonds. The number of hydrogen-bond donors (Lipinski definition) is 0. The first-order valence-corrected chi connectivity index (χ1v) is 29.1. The van der Waals surface area contributed by atoms with Crippen molar-refractivity contribution in [1.29, 1.82) is 0 Å². The molecule has 0 aliphatic rings. The third-order valence-corrected chi connectivity index (χ3v) is 68.5. The van der Waals surface area contributed by atoms with Gasteiger partial charge in [-0.15, -0.1) is 0 Å². The lowest BCUT2D eigenvalue weighted by atomic mass is 10.1. The second kappa shape index (κ2) is 16.8. The summed E-state index contributed by atoms with van der Waals surface area (Å²) in [6.07, 6.45) is 0. The summed E-state index contributed by atoms with van der Waals surface area (Å²) in [6.45, 7) is 0. The minimum Gasteiger partial charge on any atom is -0.212 e. The summed E-state index contributed by atoms with van der Waals surface area (Å²) in [4.78, 5) is 0. The van der Waals surface area contributed by atoms with E-state index in [0.717, 1.165) is 0 Å². The quantitative estimate of drug-likeness (QED) is 0.162. The Kier molecular flexibility index (Phi) is 24.8. The van der Waals surface area contributed by atoms with Crippen LogP contribution in [-0.4, -0.2) is 12.5 Å². The molecule has 1 atom stereocenters. The Hall–Kier alpha value is 15.3. The van der Waals surface area contributed by atoms with Crippen molar-refractivity contribution in [3.05, 3.63) is 0 Å². The van der Waals surface area contributed by atoms with Crippen LogP contribution in [0.3, 0.4) is 0 Å². The highest BCUT2D eigenvalue weighted by atomic mass is 127. The zero-order chi connectivity index (χ0) is 27.0. The van der Waals surface area contributed by atoms with E-state index in [9.17, 15) is 5.11 Å². The van der Waals surface area contributed by atoms with Crippen LogP contribution in [0.2, 0.25) is 0 Å². The van der Waals surface area contributed by atoms with E-state index in [1.807, 2.05) is 0 Å². The van der Waals surface area contributed by atoms with Crippen molar-refractivity contribution >= 4 is 474 Å². The summed E-state index contributed by atoms with van der Waals surface area (Å²) < 4.78 is -3.62. The van der Waals surface area contributed by atoms with Gasteiger partial charge in [0.1, 0.15) is 9.43 Å². The lowest BCUT2D eigenvalue weighted by Crippen LogP contribution is -2.70. The van der Waals surface area contributed by atoms with Crippen LogP contribution in [-0.2, 0) is 5.11 Å². The maximum atomic E-state index is 14.2. The molecule has 0 aliphatic carbocycles. The van der Waals surface area contributed by atoms with Crippen molar-refractivity contribution in [2.75, 3.05) is 0 Å². The Morgan fingerprint density at radius 3 is 0.625 bits per heavy atom. The molecule has 0 rings (SSSR count). The first kappa shape index (κ1) is 47.3. The van der Waals surface area contributed by atoms with Gasteiger partial charge in [-0.05, 0) is 22.6 Å². The topological polar surface area (TPSA) is 19.9 Å². The van der Waals surface area contributed by atoms with E-state index in [0.29, 0.717) is 0 Å². The van der Waals surface area contributed by atoms with Gasteiger partial charge < -0.3 is 0 Å². The van der Waals surface area contributed by atoms with Crippen molar-refractivity contribution in [3.8, 4) is 0 Å². The molecule has 1 radical (unpaired) electrons. The monoisotopic (exact) mass is 2800 g/mol. The molecule has 0 N–H and O–H groups in total. The first-order valence-electron chi connectivity index (χ1n) is 6.42. The Balaban J connectivity index is 7.00. The predicted molar refractivity (Wildman–Crippen MR) is 322 cm³/mol. The molecule has 0 spiro atoms. The van der Waals surface area contributed by atoms with Crippen LogP contribution >= 0.6 is 474 Å². The van der Waals surface area contributed by atoms with Crippen LogP contribution in [0.1, 0.15) is 0 Å². The summed E-state index contributed by atoms with van der Waals surface area (Å²) in [7, 11) is 0. The second-order valence-electron chi connectivity index (χ2n) is 5.61. The van der Waals surface area contributed by atoms with Gasteiger partial charge in [0.05, 0.1) is 0 Å². The van der Waals surface area contributed by atoms with Gasteiger partial charge in [-0.3, -0.25) is 0 Å². The molecule has 0 heterocycles. The molecule has 193 valence electrons. The lowest BCUT2D eigenvalue weighted by Gasteiger charge is -2.59. The first-order chi connectivity index (χ1) is 13.2. The fraction of sp³-hybridized carbons (Fsp3) is 1.00. The third kappa shape index (κ3) is 9.58. The summed E-state index contributed by atoms with van der Waals surface area (Å²) in [5.41, 5.74) is 0. The minimum absolute atomic E-state index is 0.00553. The van der Waals surface area contributed by atoms with Crippen molar-refractivity contribution in [1.82, 2.24) is 0 Å². The molecular formula is C10I21O. The molecule has 1 nitrogen and oxygen atoms in total. The van der Waals surface area contributed by atoms with E-state index in [1.165, 1.54) is 0 Å². The van der Waals surface area contributed by atoms with Gasteiger partial charge in [-0.1, -0.05) is 452 Å². The Labute approximate surface area is 475 Å². The van der Waals surface area contributed by atoms with E-state index >= 15 is 0 Å². The molecular weight excluding hydrogens is 2800 g/mol. The summed E-state index contributed by atoms with van der Waals surface area (Å²) in [5, 5.41) is 14.2. The number of alkyl halides is 21. The van der Waals surface area contributed by atoms with Gasteiger partial charge in [-0.25, -0.2) is 5.11 Å². The Morgan fingerprint density at radius 2 is 0.438 bits per heavy atom.